The Kier molecular flexibility index (Phi) is 4.93. The molecule has 0 aromatic heterocycles. The lowest BCUT2D eigenvalue weighted by Gasteiger charge is -2.00. The third-order valence-corrected chi connectivity index (χ3v) is 3.38. The maximum Gasteiger partial charge on any atom is 0.271 e. The first kappa shape index (κ1) is 14.0. The number of rotatable bonds is 3. The molecule has 2 aromatic carbocycles. The third kappa shape index (κ3) is 4.04. The Labute approximate surface area is 129 Å². The van der Waals surface area contributed by atoms with Crippen LogP contribution in [0.2, 0.25) is 5.02 Å². The predicted molar refractivity (Wildman–Crippen MR) is 85.7 cm³/mol. The summed E-state index contributed by atoms with van der Waals surface area (Å²) in [6, 6.07) is 14.6. The van der Waals surface area contributed by atoms with Gasteiger partial charge in [0.25, 0.3) is 5.91 Å². The fourth-order valence-corrected chi connectivity index (χ4v) is 2.16. The van der Waals surface area contributed by atoms with E-state index in [1.807, 2.05) is 30.3 Å². The van der Waals surface area contributed by atoms with Crippen molar-refractivity contribution in [3.8, 4) is 0 Å². The molecule has 5 heteroatoms. The summed E-state index contributed by atoms with van der Waals surface area (Å²) in [4.78, 5) is 11.8. The maximum absolute atomic E-state index is 11.8. The molecule has 0 radical (unpaired) electrons. The second-order valence-corrected chi connectivity index (χ2v) is 5.38. The van der Waals surface area contributed by atoms with Gasteiger partial charge in [0, 0.05) is 19.7 Å². The molecule has 96 valence electrons. The van der Waals surface area contributed by atoms with Gasteiger partial charge in [-0.05, 0) is 46.9 Å². The van der Waals surface area contributed by atoms with E-state index in [4.69, 9.17) is 11.6 Å². The first-order chi connectivity index (χ1) is 9.16. The molecule has 2 rings (SSSR count). The van der Waals surface area contributed by atoms with E-state index in [-0.39, 0.29) is 5.91 Å². The van der Waals surface area contributed by atoms with Crippen molar-refractivity contribution in [1.82, 2.24) is 5.43 Å². The van der Waals surface area contributed by atoms with Gasteiger partial charge in [0.15, 0.2) is 0 Å². The lowest BCUT2D eigenvalue weighted by molar-refractivity contribution is 0.0955. The van der Waals surface area contributed by atoms with Crippen LogP contribution in [0.3, 0.4) is 0 Å². The van der Waals surface area contributed by atoms with Crippen molar-refractivity contribution in [1.29, 1.82) is 0 Å². The molecule has 0 saturated carbocycles. The number of halogens is 2. The van der Waals surface area contributed by atoms with E-state index < -0.39 is 0 Å². The summed E-state index contributed by atoms with van der Waals surface area (Å²) in [6.45, 7) is 0. The Morgan fingerprint density at radius 3 is 2.74 bits per heavy atom. The van der Waals surface area contributed by atoms with Gasteiger partial charge in [-0.15, -0.1) is 0 Å². The SMILES string of the molecule is O=C(N/N=C\c1ccccc1Cl)c1cccc(I)c1. The molecule has 0 fully saturated rings. The zero-order valence-electron chi connectivity index (χ0n) is 9.81. The van der Waals surface area contributed by atoms with Crippen LogP contribution in [0.4, 0.5) is 0 Å². The van der Waals surface area contributed by atoms with E-state index in [1.54, 1.807) is 18.2 Å². The molecule has 0 unspecified atom stereocenters. The predicted octanol–water partition coefficient (Wildman–Crippen LogP) is 3.71. The number of amides is 1. The minimum Gasteiger partial charge on any atom is -0.267 e. The second kappa shape index (κ2) is 6.68. The van der Waals surface area contributed by atoms with E-state index >= 15 is 0 Å². The molecular formula is C14H10ClIN2O. The summed E-state index contributed by atoms with van der Waals surface area (Å²) in [5.74, 6) is -0.248. The molecule has 0 aliphatic rings. The molecule has 2 aromatic rings. The van der Waals surface area contributed by atoms with Gasteiger partial charge in [0.2, 0.25) is 0 Å². The number of hydrazone groups is 1. The molecule has 0 aliphatic carbocycles. The van der Waals surface area contributed by atoms with Crippen molar-refractivity contribution >= 4 is 46.3 Å². The summed E-state index contributed by atoms with van der Waals surface area (Å²) in [5.41, 5.74) is 3.80. The molecule has 1 amide bonds. The van der Waals surface area contributed by atoms with Crippen LogP contribution in [0.15, 0.2) is 53.6 Å². The van der Waals surface area contributed by atoms with Crippen molar-refractivity contribution in [2.75, 3.05) is 0 Å². The number of benzene rings is 2. The maximum atomic E-state index is 11.8. The first-order valence-corrected chi connectivity index (χ1v) is 6.96. The Hall–Kier alpha value is -1.40. The van der Waals surface area contributed by atoms with Gasteiger partial charge < -0.3 is 0 Å². The zero-order chi connectivity index (χ0) is 13.7. The molecule has 3 nitrogen and oxygen atoms in total. The highest BCUT2D eigenvalue weighted by molar-refractivity contribution is 14.1. The number of carbonyl (C=O) groups excluding carboxylic acids is 1. The summed E-state index contributed by atoms with van der Waals surface area (Å²) >= 11 is 8.13. The molecule has 0 saturated heterocycles. The molecule has 0 aliphatic heterocycles. The fourth-order valence-electron chi connectivity index (χ4n) is 1.43. The van der Waals surface area contributed by atoms with Gasteiger partial charge in [-0.1, -0.05) is 35.9 Å². The van der Waals surface area contributed by atoms with E-state index in [2.05, 4.69) is 33.1 Å². The third-order valence-electron chi connectivity index (χ3n) is 2.36. The lowest BCUT2D eigenvalue weighted by Crippen LogP contribution is -2.17. The van der Waals surface area contributed by atoms with Crippen LogP contribution >= 0.6 is 34.2 Å². The molecule has 0 bridgehead atoms. The highest BCUT2D eigenvalue weighted by atomic mass is 127. The van der Waals surface area contributed by atoms with E-state index in [0.717, 1.165) is 9.13 Å². The molecule has 19 heavy (non-hydrogen) atoms. The van der Waals surface area contributed by atoms with Crippen LogP contribution < -0.4 is 5.43 Å². The Balaban J connectivity index is 2.03. The van der Waals surface area contributed by atoms with E-state index in [0.29, 0.717) is 10.6 Å². The molecular weight excluding hydrogens is 375 g/mol. The Morgan fingerprint density at radius 2 is 2.00 bits per heavy atom. The van der Waals surface area contributed by atoms with Crippen molar-refractivity contribution < 1.29 is 4.79 Å². The van der Waals surface area contributed by atoms with E-state index in [1.165, 1.54) is 6.21 Å². The average molecular weight is 385 g/mol. The van der Waals surface area contributed by atoms with Gasteiger partial charge in [-0.3, -0.25) is 4.79 Å². The van der Waals surface area contributed by atoms with Gasteiger partial charge in [-0.2, -0.15) is 5.10 Å². The lowest BCUT2D eigenvalue weighted by atomic mass is 10.2. The Morgan fingerprint density at radius 1 is 1.21 bits per heavy atom. The fraction of sp³-hybridized carbons (Fsp3) is 0. The highest BCUT2D eigenvalue weighted by Crippen LogP contribution is 2.12. The molecule has 1 N–H and O–H groups in total. The van der Waals surface area contributed by atoms with Crippen LogP contribution in [0.5, 0.6) is 0 Å². The van der Waals surface area contributed by atoms with Gasteiger partial charge in [0.05, 0.1) is 6.21 Å². The zero-order valence-corrected chi connectivity index (χ0v) is 12.7. The quantitative estimate of drug-likeness (QED) is 0.489. The Bertz CT molecular complexity index is 628. The van der Waals surface area contributed by atoms with Crippen molar-refractivity contribution in [3.05, 3.63) is 68.3 Å². The minimum atomic E-state index is -0.248. The summed E-state index contributed by atoms with van der Waals surface area (Å²) < 4.78 is 1.00. The van der Waals surface area contributed by atoms with Gasteiger partial charge >= 0.3 is 0 Å². The van der Waals surface area contributed by atoms with E-state index in [9.17, 15) is 4.79 Å². The average Bonchev–Trinajstić information content (AvgIpc) is 2.41. The van der Waals surface area contributed by atoms with Crippen molar-refractivity contribution in [2.45, 2.75) is 0 Å². The van der Waals surface area contributed by atoms with Crippen molar-refractivity contribution in [2.24, 2.45) is 5.10 Å². The summed E-state index contributed by atoms with van der Waals surface area (Å²) in [7, 11) is 0. The van der Waals surface area contributed by atoms with Crippen LogP contribution in [0.25, 0.3) is 0 Å². The van der Waals surface area contributed by atoms with Gasteiger partial charge in [0.1, 0.15) is 0 Å². The minimum absolute atomic E-state index is 0.248. The summed E-state index contributed by atoms with van der Waals surface area (Å²) in [6.07, 6.45) is 1.52. The van der Waals surface area contributed by atoms with Crippen LogP contribution in [-0.4, -0.2) is 12.1 Å². The van der Waals surface area contributed by atoms with Crippen LogP contribution in [-0.2, 0) is 0 Å². The first-order valence-electron chi connectivity index (χ1n) is 5.50. The van der Waals surface area contributed by atoms with Crippen LogP contribution in [0, 0.1) is 3.57 Å². The molecule has 0 spiro atoms. The monoisotopic (exact) mass is 384 g/mol. The number of nitrogens with one attached hydrogen (secondary N) is 1. The molecule has 0 atom stereocenters. The van der Waals surface area contributed by atoms with Crippen LogP contribution in [0.1, 0.15) is 15.9 Å². The second-order valence-electron chi connectivity index (χ2n) is 3.73. The van der Waals surface area contributed by atoms with Crippen molar-refractivity contribution in [3.63, 3.8) is 0 Å². The number of carbonyl (C=O) groups is 1. The largest absolute Gasteiger partial charge is 0.271 e. The molecule has 0 heterocycles. The topological polar surface area (TPSA) is 41.5 Å². The number of nitrogens with zero attached hydrogens (tertiary/aromatic N) is 1. The summed E-state index contributed by atoms with van der Waals surface area (Å²) in [5, 5.41) is 4.49. The normalized spacial score (nSPS) is 10.6. The standard InChI is InChI=1S/C14H10ClIN2O/c15-13-7-2-1-4-11(13)9-17-18-14(19)10-5-3-6-12(16)8-10/h1-9H,(H,18,19)/b17-9-. The number of hydrogen-bond donors (Lipinski definition) is 1. The highest BCUT2D eigenvalue weighted by Gasteiger charge is 2.03. The smallest absolute Gasteiger partial charge is 0.267 e. The number of hydrogen-bond acceptors (Lipinski definition) is 2. The van der Waals surface area contributed by atoms with Gasteiger partial charge in [-0.25, -0.2) is 5.43 Å².